The van der Waals surface area contributed by atoms with Crippen LogP contribution in [0.25, 0.3) is 11.4 Å². The second kappa shape index (κ2) is 11.0. The molecule has 0 bridgehead atoms. The highest BCUT2D eigenvalue weighted by atomic mass is 16.5. The summed E-state index contributed by atoms with van der Waals surface area (Å²) in [6, 6.07) is 12.0. The van der Waals surface area contributed by atoms with Crippen LogP contribution in [0.2, 0.25) is 0 Å². The third-order valence-electron chi connectivity index (χ3n) is 5.41. The molecule has 9 heteroatoms. The standard InChI is InChI=1S/C26H32N8O/c1-6-8-19-15-28-24(31-23-12-11-18(14-27-23)16-33(2)3)13-22(19)30-21-10-7-9-20(25(21)35-5)26-29-17-34(4)32-26/h7,9-15,17H,6,8,16H2,1-5H3,(H2,27,28,30,31). The number of hydrogen-bond acceptors (Lipinski definition) is 8. The second-order valence-electron chi connectivity index (χ2n) is 8.64. The van der Waals surface area contributed by atoms with Gasteiger partial charge in [-0.2, -0.15) is 5.10 Å². The molecule has 0 aliphatic rings. The highest BCUT2D eigenvalue weighted by molar-refractivity contribution is 5.79. The van der Waals surface area contributed by atoms with Crippen LogP contribution in [0.1, 0.15) is 24.5 Å². The summed E-state index contributed by atoms with van der Waals surface area (Å²) < 4.78 is 7.46. The first kappa shape index (κ1) is 24.2. The molecule has 3 heterocycles. The molecule has 0 saturated carbocycles. The van der Waals surface area contributed by atoms with Crippen LogP contribution in [0.5, 0.6) is 5.75 Å². The predicted octanol–water partition coefficient (Wildman–Crippen LogP) is 4.78. The van der Waals surface area contributed by atoms with E-state index in [4.69, 9.17) is 4.74 Å². The lowest BCUT2D eigenvalue weighted by Gasteiger charge is -2.17. The van der Waals surface area contributed by atoms with Crippen molar-refractivity contribution in [1.82, 2.24) is 29.6 Å². The Kier molecular flexibility index (Phi) is 7.57. The first-order chi connectivity index (χ1) is 17.0. The summed E-state index contributed by atoms with van der Waals surface area (Å²) in [5, 5.41) is 11.3. The van der Waals surface area contributed by atoms with Crippen molar-refractivity contribution in [2.45, 2.75) is 26.3 Å². The van der Waals surface area contributed by atoms with Crippen molar-refractivity contribution < 1.29 is 4.74 Å². The second-order valence-corrected chi connectivity index (χ2v) is 8.64. The molecular formula is C26H32N8O. The van der Waals surface area contributed by atoms with E-state index in [2.05, 4.69) is 48.6 Å². The van der Waals surface area contributed by atoms with E-state index in [9.17, 15) is 0 Å². The Hall–Kier alpha value is -3.98. The van der Waals surface area contributed by atoms with Crippen molar-refractivity contribution >= 4 is 23.0 Å². The number of aromatic nitrogens is 5. The van der Waals surface area contributed by atoms with Gasteiger partial charge in [-0.05, 0) is 49.8 Å². The number of nitrogens with one attached hydrogen (secondary N) is 2. The van der Waals surface area contributed by atoms with Gasteiger partial charge < -0.3 is 20.3 Å². The lowest BCUT2D eigenvalue weighted by Crippen LogP contribution is -2.10. The lowest BCUT2D eigenvalue weighted by molar-refractivity contribution is 0.402. The number of rotatable bonds is 10. The molecule has 0 radical (unpaired) electrons. The van der Waals surface area contributed by atoms with E-state index in [0.717, 1.165) is 53.3 Å². The topological polar surface area (TPSA) is 93.0 Å². The van der Waals surface area contributed by atoms with Crippen LogP contribution in [-0.2, 0) is 20.0 Å². The smallest absolute Gasteiger partial charge is 0.184 e. The van der Waals surface area contributed by atoms with E-state index in [0.29, 0.717) is 17.4 Å². The van der Waals surface area contributed by atoms with Gasteiger partial charge in [-0.1, -0.05) is 25.5 Å². The number of para-hydroxylation sites is 1. The summed E-state index contributed by atoms with van der Waals surface area (Å²) in [4.78, 5) is 15.7. The molecule has 2 N–H and O–H groups in total. The van der Waals surface area contributed by atoms with Gasteiger partial charge in [0.15, 0.2) is 11.6 Å². The average Bonchev–Trinajstić information content (AvgIpc) is 3.27. The van der Waals surface area contributed by atoms with Gasteiger partial charge in [0.2, 0.25) is 0 Å². The SMILES string of the molecule is CCCc1cnc(Nc2ccc(CN(C)C)cn2)cc1Nc1cccc(-c2ncn(C)n2)c1OC. The van der Waals surface area contributed by atoms with Gasteiger partial charge in [-0.25, -0.2) is 15.0 Å². The Balaban J connectivity index is 1.62. The van der Waals surface area contributed by atoms with Crippen molar-refractivity contribution in [3.05, 3.63) is 66.2 Å². The van der Waals surface area contributed by atoms with Crippen molar-refractivity contribution in [2.24, 2.45) is 7.05 Å². The van der Waals surface area contributed by atoms with E-state index in [1.165, 1.54) is 0 Å². The van der Waals surface area contributed by atoms with Gasteiger partial charge in [0.05, 0.1) is 18.4 Å². The third-order valence-corrected chi connectivity index (χ3v) is 5.41. The molecule has 9 nitrogen and oxygen atoms in total. The number of aryl methyl sites for hydroxylation is 2. The Morgan fingerprint density at radius 1 is 0.971 bits per heavy atom. The number of anilines is 4. The molecule has 3 aromatic heterocycles. The number of ether oxygens (including phenoxy) is 1. The molecule has 0 aliphatic heterocycles. The largest absolute Gasteiger partial charge is 0.494 e. The monoisotopic (exact) mass is 472 g/mol. The Morgan fingerprint density at radius 2 is 1.80 bits per heavy atom. The van der Waals surface area contributed by atoms with Crippen molar-refractivity contribution in [1.29, 1.82) is 0 Å². The third kappa shape index (κ3) is 5.93. The van der Waals surface area contributed by atoms with E-state index in [-0.39, 0.29) is 0 Å². The lowest BCUT2D eigenvalue weighted by atomic mass is 10.1. The van der Waals surface area contributed by atoms with Crippen LogP contribution in [-0.4, -0.2) is 50.8 Å². The summed E-state index contributed by atoms with van der Waals surface area (Å²) in [6.07, 6.45) is 7.38. The van der Waals surface area contributed by atoms with E-state index in [1.807, 2.05) is 63.9 Å². The summed E-state index contributed by atoms with van der Waals surface area (Å²) in [6.45, 7) is 3.00. The molecule has 4 aromatic rings. The van der Waals surface area contributed by atoms with E-state index in [1.54, 1.807) is 18.1 Å². The van der Waals surface area contributed by atoms with Crippen molar-refractivity contribution in [3.8, 4) is 17.1 Å². The zero-order chi connectivity index (χ0) is 24.8. The highest BCUT2D eigenvalue weighted by Crippen LogP contribution is 2.37. The Bertz CT molecular complexity index is 1270. The van der Waals surface area contributed by atoms with Crippen molar-refractivity contribution in [3.63, 3.8) is 0 Å². The first-order valence-corrected chi connectivity index (χ1v) is 11.6. The molecule has 0 unspecified atom stereocenters. The van der Waals surface area contributed by atoms with Gasteiger partial charge >= 0.3 is 0 Å². The molecular weight excluding hydrogens is 440 g/mol. The Morgan fingerprint density at radius 3 is 2.46 bits per heavy atom. The summed E-state index contributed by atoms with van der Waals surface area (Å²) in [5.41, 5.74) is 4.89. The van der Waals surface area contributed by atoms with Crippen molar-refractivity contribution in [2.75, 3.05) is 31.8 Å². The van der Waals surface area contributed by atoms with Crippen LogP contribution >= 0.6 is 0 Å². The average molecular weight is 473 g/mol. The number of methoxy groups -OCH3 is 1. The molecule has 0 saturated heterocycles. The maximum Gasteiger partial charge on any atom is 0.184 e. The number of pyridine rings is 2. The molecule has 1 aromatic carbocycles. The molecule has 4 rings (SSSR count). The maximum absolute atomic E-state index is 5.78. The molecule has 0 spiro atoms. The van der Waals surface area contributed by atoms with Gasteiger partial charge in [0.1, 0.15) is 18.0 Å². The van der Waals surface area contributed by atoms with E-state index >= 15 is 0 Å². The Labute approximate surface area is 206 Å². The minimum atomic E-state index is 0.614. The zero-order valence-electron chi connectivity index (χ0n) is 20.9. The maximum atomic E-state index is 5.78. The minimum absolute atomic E-state index is 0.614. The highest BCUT2D eigenvalue weighted by Gasteiger charge is 2.16. The van der Waals surface area contributed by atoms with Gasteiger partial charge in [-0.15, -0.1) is 0 Å². The summed E-state index contributed by atoms with van der Waals surface area (Å²) in [7, 11) is 7.59. The van der Waals surface area contributed by atoms with Crippen LogP contribution < -0.4 is 15.4 Å². The fourth-order valence-corrected chi connectivity index (χ4v) is 3.86. The van der Waals surface area contributed by atoms with Crippen LogP contribution in [0.4, 0.5) is 23.0 Å². The summed E-state index contributed by atoms with van der Waals surface area (Å²) in [5.74, 6) is 2.75. The summed E-state index contributed by atoms with van der Waals surface area (Å²) >= 11 is 0. The molecule has 0 aliphatic carbocycles. The quantitative estimate of drug-likeness (QED) is 0.341. The number of benzene rings is 1. The molecule has 35 heavy (non-hydrogen) atoms. The number of hydrogen-bond donors (Lipinski definition) is 2. The fourth-order valence-electron chi connectivity index (χ4n) is 3.86. The molecule has 0 fully saturated rings. The van der Waals surface area contributed by atoms with Crippen LogP contribution in [0.15, 0.2) is 55.1 Å². The first-order valence-electron chi connectivity index (χ1n) is 11.6. The van der Waals surface area contributed by atoms with Crippen LogP contribution in [0, 0.1) is 0 Å². The molecule has 0 amide bonds. The molecule has 182 valence electrons. The van der Waals surface area contributed by atoms with Gasteiger partial charge in [0, 0.05) is 37.7 Å². The normalized spacial score (nSPS) is 11.0. The van der Waals surface area contributed by atoms with E-state index < -0.39 is 0 Å². The van der Waals surface area contributed by atoms with Gasteiger partial charge in [-0.3, -0.25) is 4.68 Å². The van der Waals surface area contributed by atoms with Crippen LogP contribution in [0.3, 0.4) is 0 Å². The number of nitrogens with zero attached hydrogens (tertiary/aromatic N) is 6. The predicted molar refractivity (Wildman–Crippen MR) is 139 cm³/mol. The molecule has 0 atom stereocenters. The van der Waals surface area contributed by atoms with Gasteiger partial charge in [0.25, 0.3) is 0 Å². The zero-order valence-corrected chi connectivity index (χ0v) is 20.9. The fraction of sp³-hybridized carbons (Fsp3) is 0.308. The minimum Gasteiger partial charge on any atom is -0.494 e.